The minimum Gasteiger partial charge on any atom is -0.309 e. The Labute approximate surface area is 384 Å². The predicted molar refractivity (Wildman–Crippen MR) is 271 cm³/mol. The maximum absolute atomic E-state index is 5.17. The van der Waals surface area contributed by atoms with Crippen LogP contribution in [0.1, 0.15) is 96.6 Å². The van der Waals surface area contributed by atoms with Crippen molar-refractivity contribution in [2.24, 2.45) is 0 Å². The Morgan fingerprint density at radius 2 is 1.49 bits per heavy atom. The van der Waals surface area contributed by atoms with Gasteiger partial charge in [0.1, 0.15) is 5.82 Å². The van der Waals surface area contributed by atoms with E-state index in [1.165, 1.54) is 87.0 Å². The lowest BCUT2D eigenvalue weighted by Gasteiger charge is -2.23. The van der Waals surface area contributed by atoms with Crippen LogP contribution in [0.15, 0.2) is 170 Å². The minimum absolute atomic E-state index is 0.0784. The van der Waals surface area contributed by atoms with E-state index in [0.29, 0.717) is 5.92 Å². The van der Waals surface area contributed by atoms with Gasteiger partial charge in [0, 0.05) is 54.4 Å². The summed E-state index contributed by atoms with van der Waals surface area (Å²) in [6, 6.07) is 48.1. The van der Waals surface area contributed by atoms with E-state index < -0.39 is 0 Å². The summed E-state index contributed by atoms with van der Waals surface area (Å²) in [4.78, 5) is 16.9. The van der Waals surface area contributed by atoms with Gasteiger partial charge in [-0.05, 0) is 131 Å². The molecule has 0 bridgehead atoms. The maximum atomic E-state index is 5.17. The van der Waals surface area contributed by atoms with Crippen LogP contribution < -0.4 is 0 Å². The Kier molecular flexibility index (Phi) is 8.93. The summed E-state index contributed by atoms with van der Waals surface area (Å²) in [5.74, 6) is 2.81. The Morgan fingerprint density at radius 3 is 2.37 bits per heavy atom. The molecule has 0 spiro atoms. The van der Waals surface area contributed by atoms with E-state index in [1.54, 1.807) is 0 Å². The molecule has 2 atom stereocenters. The quantitative estimate of drug-likeness (QED) is 0.167. The van der Waals surface area contributed by atoms with Gasteiger partial charge in [-0.2, -0.15) is 0 Å². The van der Waals surface area contributed by atoms with E-state index in [0.717, 1.165) is 67.1 Å². The predicted octanol–water partition coefficient (Wildman–Crippen LogP) is 15.6. The number of aryl methyl sites for hydroxylation is 1. The molecule has 4 aliphatic carbocycles. The molecule has 0 amide bonds. The molecule has 2 unspecified atom stereocenters. The van der Waals surface area contributed by atoms with Gasteiger partial charge in [0.2, 0.25) is 0 Å². The highest BCUT2D eigenvalue weighted by atomic mass is 32.1. The average molecular weight is 857 g/mol. The smallest absolute Gasteiger partial charge is 0.163 e. The molecule has 4 nitrogen and oxygen atoms in total. The van der Waals surface area contributed by atoms with Gasteiger partial charge in [-0.1, -0.05) is 141 Å². The number of aromatic nitrogens is 4. The monoisotopic (exact) mass is 856 g/mol. The van der Waals surface area contributed by atoms with Crippen LogP contribution in [0.25, 0.3) is 76.8 Å². The van der Waals surface area contributed by atoms with Gasteiger partial charge in [0.05, 0.1) is 11.0 Å². The number of hydrogen-bond acceptors (Lipinski definition) is 4. The summed E-state index contributed by atoms with van der Waals surface area (Å²) in [7, 11) is 0. The van der Waals surface area contributed by atoms with Crippen molar-refractivity contribution >= 4 is 48.8 Å². The Morgan fingerprint density at radius 1 is 0.646 bits per heavy atom. The summed E-state index contributed by atoms with van der Waals surface area (Å²) >= 11 is 2.01. The number of allylic oxidation sites excluding steroid dienone is 8. The minimum atomic E-state index is -0.0784. The first-order valence-corrected chi connectivity index (χ1v) is 24.2. The lowest BCUT2D eigenvalue weighted by Crippen LogP contribution is -2.14. The molecule has 65 heavy (non-hydrogen) atoms. The van der Waals surface area contributed by atoms with E-state index in [-0.39, 0.29) is 11.3 Å². The number of nitrogens with zero attached hydrogens (tertiary/aromatic N) is 4. The number of para-hydroxylation sites is 1. The van der Waals surface area contributed by atoms with Crippen LogP contribution in [0.5, 0.6) is 0 Å². The molecule has 0 aliphatic heterocycles. The highest BCUT2D eigenvalue weighted by molar-refractivity contribution is 7.20. The molecule has 0 radical (unpaired) electrons. The first-order valence-electron chi connectivity index (χ1n) is 23.4. The zero-order chi connectivity index (χ0) is 43.2. The SMILES string of the molecule is CC1(C)c2ccccc2-c2cc3c4cc(-c5cccc6c7c(sc56)C(c5cccc(-c6nc(C8=CCCC=C8)nc(C8C=CC=CC8)n6)c5)CCC7)ccc4n(-c4ccccc4)c3cc21. The highest BCUT2D eigenvalue weighted by Gasteiger charge is 2.36. The lowest BCUT2D eigenvalue weighted by molar-refractivity contribution is 0.630. The van der Waals surface area contributed by atoms with Crippen molar-refractivity contribution in [2.45, 2.75) is 69.6 Å². The third kappa shape index (κ3) is 6.20. The van der Waals surface area contributed by atoms with Crippen molar-refractivity contribution in [2.75, 3.05) is 0 Å². The summed E-state index contributed by atoms with van der Waals surface area (Å²) in [5, 5.41) is 3.99. The van der Waals surface area contributed by atoms with Crippen LogP contribution in [0.2, 0.25) is 0 Å². The van der Waals surface area contributed by atoms with Gasteiger partial charge in [0.25, 0.3) is 0 Å². The van der Waals surface area contributed by atoms with E-state index in [9.17, 15) is 0 Å². The van der Waals surface area contributed by atoms with Crippen LogP contribution in [-0.2, 0) is 11.8 Å². The van der Waals surface area contributed by atoms with Gasteiger partial charge in [-0.3, -0.25) is 0 Å². The van der Waals surface area contributed by atoms with Gasteiger partial charge in [-0.25, -0.2) is 15.0 Å². The molecule has 3 heterocycles. The van der Waals surface area contributed by atoms with Crippen molar-refractivity contribution in [3.05, 3.63) is 209 Å². The zero-order valence-electron chi connectivity index (χ0n) is 36.8. The number of thiophene rings is 1. The molecule has 5 heteroatoms. The Balaban J connectivity index is 0.925. The topological polar surface area (TPSA) is 43.6 Å². The third-order valence-corrected chi connectivity index (χ3v) is 16.0. The molecule has 314 valence electrons. The second-order valence-electron chi connectivity index (χ2n) is 18.8. The zero-order valence-corrected chi connectivity index (χ0v) is 37.6. The highest BCUT2D eigenvalue weighted by Crippen LogP contribution is 2.52. The van der Waals surface area contributed by atoms with Crippen LogP contribution >= 0.6 is 11.3 Å². The third-order valence-electron chi connectivity index (χ3n) is 14.6. The standard InChI is InChI=1S/C60H48N4S/c1-60(2)51-30-13-12-25-45(51)48-35-50-49-34-40(31-32-53(49)64(54(50)36-52(48)60)42-23-10-5-11-24-42)44-27-16-29-47-46-28-15-26-43(55(46)65-56(44)47)39-21-14-22-41(33-39)59-62-57(37-17-6-3-7-18-37)61-58(63-59)38-19-8-4-9-20-38/h3,5-8,10-14,16-17,19-25,27,29-37,43H,4,9,15,18,26,28H2,1-2H3. The Hall–Kier alpha value is -6.95. The fourth-order valence-electron chi connectivity index (χ4n) is 11.4. The summed E-state index contributed by atoms with van der Waals surface area (Å²) in [5.41, 5.74) is 16.7. The van der Waals surface area contributed by atoms with E-state index in [4.69, 9.17) is 15.0 Å². The summed E-state index contributed by atoms with van der Waals surface area (Å²) in [6.45, 7) is 4.75. The molecule has 6 aromatic carbocycles. The summed E-state index contributed by atoms with van der Waals surface area (Å²) in [6.07, 6.45) is 21.7. The van der Waals surface area contributed by atoms with Crippen molar-refractivity contribution in [3.63, 3.8) is 0 Å². The van der Waals surface area contributed by atoms with E-state index in [1.807, 2.05) is 11.3 Å². The average Bonchev–Trinajstić information content (AvgIpc) is 3.99. The maximum Gasteiger partial charge on any atom is 0.163 e. The molecule has 0 N–H and O–H groups in total. The number of rotatable bonds is 6. The normalized spacial score (nSPS) is 18.3. The largest absolute Gasteiger partial charge is 0.309 e. The Bertz CT molecular complexity index is 3540. The van der Waals surface area contributed by atoms with Crippen molar-refractivity contribution in [1.29, 1.82) is 0 Å². The van der Waals surface area contributed by atoms with Crippen molar-refractivity contribution < 1.29 is 0 Å². The molecule has 3 aromatic heterocycles. The molecule has 0 saturated carbocycles. The van der Waals surface area contributed by atoms with Crippen LogP contribution in [0, 0.1) is 0 Å². The molecular formula is C60H48N4S. The number of benzene rings is 6. The van der Waals surface area contributed by atoms with Gasteiger partial charge in [0.15, 0.2) is 11.6 Å². The van der Waals surface area contributed by atoms with Gasteiger partial charge < -0.3 is 4.57 Å². The molecular weight excluding hydrogens is 809 g/mol. The van der Waals surface area contributed by atoms with Gasteiger partial charge >= 0.3 is 0 Å². The molecule has 9 aromatic rings. The fraction of sp³-hybridized carbons (Fsp3) is 0.183. The van der Waals surface area contributed by atoms with Crippen LogP contribution in [0.4, 0.5) is 0 Å². The van der Waals surface area contributed by atoms with Crippen LogP contribution in [-0.4, -0.2) is 19.5 Å². The van der Waals surface area contributed by atoms with Crippen molar-refractivity contribution in [1.82, 2.24) is 19.5 Å². The number of fused-ring (bicyclic) bond motifs is 9. The molecule has 13 rings (SSSR count). The van der Waals surface area contributed by atoms with E-state index >= 15 is 0 Å². The fourth-order valence-corrected chi connectivity index (χ4v) is 12.9. The molecule has 0 saturated heterocycles. The first kappa shape index (κ1) is 38.5. The van der Waals surface area contributed by atoms with E-state index in [2.05, 4.69) is 188 Å². The second kappa shape index (κ2) is 15.1. The summed E-state index contributed by atoms with van der Waals surface area (Å²) < 4.78 is 3.86. The molecule has 4 aliphatic rings. The molecule has 0 fully saturated rings. The lowest BCUT2D eigenvalue weighted by atomic mass is 9.82. The van der Waals surface area contributed by atoms with Crippen molar-refractivity contribution in [3.8, 4) is 39.3 Å². The first-order chi connectivity index (χ1) is 32.0. The van der Waals surface area contributed by atoms with Gasteiger partial charge in [-0.15, -0.1) is 11.3 Å². The van der Waals surface area contributed by atoms with Crippen LogP contribution in [0.3, 0.4) is 0 Å². The second-order valence-corrected chi connectivity index (χ2v) is 19.9. The number of hydrogen-bond donors (Lipinski definition) is 0.